The van der Waals surface area contributed by atoms with Crippen LogP contribution in [0.4, 0.5) is 0 Å². The van der Waals surface area contributed by atoms with Crippen LogP contribution in [0.15, 0.2) is 47.7 Å². The number of fused-ring (bicyclic) bond motifs is 1. The molecule has 3 aromatic rings. The molecule has 0 amide bonds. The van der Waals surface area contributed by atoms with Crippen molar-refractivity contribution >= 4 is 10.9 Å². The summed E-state index contributed by atoms with van der Waals surface area (Å²) in [4.78, 5) is 14.2. The van der Waals surface area contributed by atoms with Crippen LogP contribution in [0, 0.1) is 0 Å². The van der Waals surface area contributed by atoms with Crippen molar-refractivity contribution in [3.8, 4) is 5.69 Å². The van der Waals surface area contributed by atoms with Crippen LogP contribution in [-0.4, -0.2) is 14.1 Å². The first kappa shape index (κ1) is 9.03. The molecule has 0 spiro atoms. The Kier molecular flexibility index (Phi) is 1.77. The number of benzene rings is 1. The Labute approximate surface area is 91.8 Å². The van der Waals surface area contributed by atoms with Crippen molar-refractivity contribution in [3.05, 3.63) is 53.3 Å². The van der Waals surface area contributed by atoms with E-state index in [9.17, 15) is 4.79 Å². The van der Waals surface area contributed by atoms with Crippen LogP contribution in [0.3, 0.4) is 0 Å². The van der Waals surface area contributed by atoms with Crippen molar-refractivity contribution in [1.82, 2.24) is 14.1 Å². The van der Waals surface area contributed by atoms with E-state index in [4.69, 9.17) is 0 Å². The van der Waals surface area contributed by atoms with E-state index in [0.717, 1.165) is 16.6 Å². The lowest BCUT2D eigenvalue weighted by molar-refractivity contribution is 0.937. The molecule has 0 aliphatic rings. The maximum Gasteiger partial charge on any atom is 0.330 e. The Morgan fingerprint density at radius 2 is 2.06 bits per heavy atom. The van der Waals surface area contributed by atoms with Crippen LogP contribution in [-0.2, 0) is 7.05 Å². The van der Waals surface area contributed by atoms with Gasteiger partial charge in [0.1, 0.15) is 0 Å². The first-order chi connectivity index (χ1) is 7.77. The number of aryl methyl sites for hydroxylation is 1. The van der Waals surface area contributed by atoms with Crippen LogP contribution in [0.1, 0.15) is 0 Å². The summed E-state index contributed by atoms with van der Waals surface area (Å²) in [6.07, 6.45) is 5.34. The fourth-order valence-corrected chi connectivity index (χ4v) is 2.02. The van der Waals surface area contributed by atoms with Crippen molar-refractivity contribution in [2.24, 2.45) is 7.05 Å². The van der Waals surface area contributed by atoms with Crippen LogP contribution in [0.5, 0.6) is 0 Å². The van der Waals surface area contributed by atoms with Gasteiger partial charge < -0.3 is 9.55 Å². The lowest BCUT2D eigenvalue weighted by Crippen LogP contribution is -2.13. The minimum absolute atomic E-state index is 0.114. The molecular weight excluding hydrogens is 202 g/mol. The summed E-state index contributed by atoms with van der Waals surface area (Å²) in [7, 11) is 1.98. The van der Waals surface area contributed by atoms with E-state index in [1.165, 1.54) is 0 Å². The molecule has 0 bridgehead atoms. The molecule has 0 aliphatic heterocycles. The third kappa shape index (κ3) is 1.13. The van der Waals surface area contributed by atoms with Crippen LogP contribution < -0.4 is 5.69 Å². The van der Waals surface area contributed by atoms with Crippen LogP contribution in [0.2, 0.25) is 0 Å². The Morgan fingerprint density at radius 1 is 1.25 bits per heavy atom. The van der Waals surface area contributed by atoms with E-state index in [2.05, 4.69) is 4.98 Å². The summed E-state index contributed by atoms with van der Waals surface area (Å²) < 4.78 is 3.63. The summed E-state index contributed by atoms with van der Waals surface area (Å²) in [5.41, 5.74) is 1.91. The molecule has 3 rings (SSSR count). The molecule has 80 valence electrons. The standard InChI is InChI=1S/C12H11N3O/c1-14-8-11(15-7-6-13-12(15)16)9-4-2-3-5-10(9)14/h2-8H,1H3,(H,13,16). The van der Waals surface area contributed by atoms with Gasteiger partial charge in [-0.15, -0.1) is 0 Å². The largest absolute Gasteiger partial charge is 0.348 e. The zero-order chi connectivity index (χ0) is 11.1. The predicted molar refractivity (Wildman–Crippen MR) is 62.9 cm³/mol. The number of imidazole rings is 1. The summed E-state index contributed by atoms with van der Waals surface area (Å²) in [5, 5.41) is 1.08. The zero-order valence-electron chi connectivity index (χ0n) is 8.84. The number of hydrogen-bond donors (Lipinski definition) is 1. The van der Waals surface area contributed by atoms with Gasteiger partial charge in [0.2, 0.25) is 0 Å². The second-order valence-corrected chi connectivity index (χ2v) is 3.78. The maximum absolute atomic E-state index is 11.6. The minimum atomic E-state index is -0.114. The normalized spacial score (nSPS) is 11.1. The summed E-state index contributed by atoms with van der Waals surface area (Å²) in [5.74, 6) is 0. The third-order valence-electron chi connectivity index (χ3n) is 2.78. The highest BCUT2D eigenvalue weighted by Crippen LogP contribution is 2.22. The Balaban J connectivity index is 2.41. The molecule has 1 aromatic carbocycles. The number of nitrogens with one attached hydrogen (secondary N) is 1. The number of nitrogens with zero attached hydrogens (tertiary/aromatic N) is 2. The van der Waals surface area contributed by atoms with Gasteiger partial charge in [-0.2, -0.15) is 0 Å². The molecule has 0 atom stereocenters. The average Bonchev–Trinajstić information content (AvgIpc) is 2.84. The molecule has 2 aromatic heterocycles. The molecule has 0 aliphatic carbocycles. The summed E-state index contributed by atoms with van der Waals surface area (Å²) in [6.45, 7) is 0. The average molecular weight is 213 g/mol. The number of aromatic nitrogens is 3. The molecule has 0 radical (unpaired) electrons. The van der Waals surface area contributed by atoms with Crippen molar-refractivity contribution in [3.63, 3.8) is 0 Å². The summed E-state index contributed by atoms with van der Waals surface area (Å²) in [6, 6.07) is 8.02. The van der Waals surface area contributed by atoms with Crippen LogP contribution >= 0.6 is 0 Å². The van der Waals surface area contributed by atoms with Gasteiger partial charge in [-0.3, -0.25) is 4.57 Å². The molecule has 16 heavy (non-hydrogen) atoms. The molecule has 1 N–H and O–H groups in total. The molecule has 0 saturated carbocycles. The fraction of sp³-hybridized carbons (Fsp3) is 0.0833. The van der Waals surface area contributed by atoms with Crippen molar-refractivity contribution in [1.29, 1.82) is 0 Å². The predicted octanol–water partition coefficient (Wildman–Crippen LogP) is 1.66. The van der Waals surface area contributed by atoms with Crippen molar-refractivity contribution < 1.29 is 0 Å². The molecule has 0 saturated heterocycles. The second-order valence-electron chi connectivity index (χ2n) is 3.78. The zero-order valence-corrected chi connectivity index (χ0v) is 8.84. The Hall–Kier alpha value is -2.23. The quantitative estimate of drug-likeness (QED) is 0.656. The van der Waals surface area contributed by atoms with E-state index < -0.39 is 0 Å². The molecule has 2 heterocycles. The third-order valence-corrected chi connectivity index (χ3v) is 2.78. The maximum atomic E-state index is 11.6. The van der Waals surface area contributed by atoms with E-state index in [1.54, 1.807) is 17.0 Å². The number of rotatable bonds is 1. The van der Waals surface area contributed by atoms with Crippen molar-refractivity contribution in [2.75, 3.05) is 0 Å². The number of aromatic amines is 1. The van der Waals surface area contributed by atoms with Crippen molar-refractivity contribution in [2.45, 2.75) is 0 Å². The Bertz CT molecular complexity index is 702. The van der Waals surface area contributed by atoms with Gasteiger partial charge >= 0.3 is 5.69 Å². The number of para-hydroxylation sites is 1. The fourth-order valence-electron chi connectivity index (χ4n) is 2.02. The van der Waals surface area contributed by atoms with Gasteiger partial charge in [-0.1, -0.05) is 18.2 Å². The smallest absolute Gasteiger partial charge is 0.330 e. The lowest BCUT2D eigenvalue weighted by Gasteiger charge is -1.96. The SMILES string of the molecule is Cn1cc(-n2cc[nH]c2=O)c2ccccc21. The molecule has 4 nitrogen and oxygen atoms in total. The highest BCUT2D eigenvalue weighted by Gasteiger charge is 2.08. The van der Waals surface area contributed by atoms with E-state index in [1.807, 2.05) is 42.1 Å². The lowest BCUT2D eigenvalue weighted by atomic mass is 10.2. The first-order valence-electron chi connectivity index (χ1n) is 5.08. The van der Waals surface area contributed by atoms with Gasteiger partial charge in [0.05, 0.1) is 5.69 Å². The molecular formula is C12H11N3O. The van der Waals surface area contributed by atoms with E-state index in [-0.39, 0.29) is 5.69 Å². The topological polar surface area (TPSA) is 42.7 Å². The minimum Gasteiger partial charge on any atom is -0.348 e. The highest BCUT2D eigenvalue weighted by atomic mass is 16.1. The number of hydrogen-bond acceptors (Lipinski definition) is 1. The van der Waals surface area contributed by atoms with Gasteiger partial charge in [0.15, 0.2) is 0 Å². The van der Waals surface area contributed by atoms with E-state index >= 15 is 0 Å². The highest BCUT2D eigenvalue weighted by molar-refractivity contribution is 5.88. The van der Waals surface area contributed by atoms with Gasteiger partial charge in [-0.05, 0) is 6.07 Å². The van der Waals surface area contributed by atoms with Gasteiger partial charge in [-0.25, -0.2) is 4.79 Å². The number of H-pyrrole nitrogens is 1. The molecule has 4 heteroatoms. The second kappa shape index (κ2) is 3.13. The molecule has 0 fully saturated rings. The monoisotopic (exact) mass is 213 g/mol. The van der Waals surface area contributed by atoms with Gasteiger partial charge in [0, 0.05) is 36.5 Å². The van der Waals surface area contributed by atoms with E-state index in [0.29, 0.717) is 0 Å². The summed E-state index contributed by atoms with van der Waals surface area (Å²) >= 11 is 0. The Morgan fingerprint density at radius 3 is 2.81 bits per heavy atom. The molecule has 0 unspecified atom stereocenters. The first-order valence-corrected chi connectivity index (χ1v) is 5.08. The van der Waals surface area contributed by atoms with Crippen LogP contribution in [0.25, 0.3) is 16.6 Å². The van der Waals surface area contributed by atoms with Gasteiger partial charge in [0.25, 0.3) is 0 Å².